The van der Waals surface area contributed by atoms with Crippen molar-refractivity contribution in [3.63, 3.8) is 0 Å². The zero-order valence-electron chi connectivity index (χ0n) is 19.6. The van der Waals surface area contributed by atoms with Crippen molar-refractivity contribution in [3.8, 4) is 17.2 Å². The highest BCUT2D eigenvalue weighted by Crippen LogP contribution is 2.28. The number of amides is 1. The van der Waals surface area contributed by atoms with E-state index < -0.39 is 0 Å². The van der Waals surface area contributed by atoms with Crippen LogP contribution in [0.4, 0.5) is 5.69 Å². The molecule has 1 aromatic heterocycles. The number of methoxy groups -OCH3 is 1. The summed E-state index contributed by atoms with van der Waals surface area (Å²) in [6, 6.07) is 24.1. The zero-order valence-corrected chi connectivity index (χ0v) is 19.6. The van der Waals surface area contributed by atoms with E-state index in [0.717, 1.165) is 16.8 Å². The molecule has 35 heavy (non-hydrogen) atoms. The average molecular weight is 467 g/mol. The summed E-state index contributed by atoms with van der Waals surface area (Å²) in [5, 5.41) is 2.79. The molecule has 0 spiro atoms. The Labute approximate surface area is 204 Å². The van der Waals surface area contributed by atoms with E-state index in [0.29, 0.717) is 22.7 Å². The smallest absolute Gasteiger partial charge is 0.262 e. The Morgan fingerprint density at radius 2 is 1.69 bits per heavy atom. The average Bonchev–Trinajstić information content (AvgIpc) is 3.43. The van der Waals surface area contributed by atoms with Crippen LogP contribution in [0.15, 0.2) is 97.3 Å². The fraction of sp³-hybridized carbons (Fsp3) is 0.103. The molecular formula is C29H26N2O4. The normalized spacial score (nSPS) is 10.8. The summed E-state index contributed by atoms with van der Waals surface area (Å²) in [7, 11) is 1.53. The largest absolute Gasteiger partial charge is 0.493 e. The standard InChI is InChI=1S/C29H26N2O4/c1-21-8-12-24(13-9-21)30-29(33)20-35-27-15-11-22(18-28(27)34-2)10-14-26(32)23-6-5-7-25(19-23)31-16-3-4-17-31/h3-19H,20H2,1-2H3,(H,30,33)/b14-10+. The van der Waals surface area contributed by atoms with E-state index in [9.17, 15) is 9.59 Å². The molecule has 0 aliphatic heterocycles. The van der Waals surface area contributed by atoms with Crippen molar-refractivity contribution < 1.29 is 19.1 Å². The Morgan fingerprint density at radius 1 is 0.914 bits per heavy atom. The molecule has 0 unspecified atom stereocenters. The lowest BCUT2D eigenvalue weighted by Gasteiger charge is -2.11. The van der Waals surface area contributed by atoms with E-state index >= 15 is 0 Å². The molecular weight excluding hydrogens is 440 g/mol. The molecule has 0 fully saturated rings. The second kappa shape index (κ2) is 11.0. The molecule has 0 saturated heterocycles. The fourth-order valence-electron chi connectivity index (χ4n) is 3.48. The number of carbonyl (C=O) groups is 2. The summed E-state index contributed by atoms with van der Waals surface area (Å²) in [5.41, 5.74) is 4.11. The summed E-state index contributed by atoms with van der Waals surface area (Å²) in [4.78, 5) is 24.9. The summed E-state index contributed by atoms with van der Waals surface area (Å²) in [5.74, 6) is 0.533. The Morgan fingerprint density at radius 3 is 2.43 bits per heavy atom. The second-order valence-corrected chi connectivity index (χ2v) is 7.95. The summed E-state index contributed by atoms with van der Waals surface area (Å²) in [6.07, 6.45) is 7.11. The predicted molar refractivity (Wildman–Crippen MR) is 137 cm³/mol. The van der Waals surface area contributed by atoms with Crippen LogP contribution in [0.1, 0.15) is 21.5 Å². The summed E-state index contributed by atoms with van der Waals surface area (Å²) < 4.78 is 13.0. The van der Waals surface area contributed by atoms with Gasteiger partial charge in [-0.1, -0.05) is 42.0 Å². The third-order valence-electron chi connectivity index (χ3n) is 5.34. The zero-order chi connectivity index (χ0) is 24.6. The molecule has 0 aliphatic carbocycles. The van der Waals surface area contributed by atoms with Crippen LogP contribution in [0, 0.1) is 6.92 Å². The van der Waals surface area contributed by atoms with Gasteiger partial charge in [-0.25, -0.2) is 0 Å². The number of hydrogen-bond donors (Lipinski definition) is 1. The van der Waals surface area contributed by atoms with Crippen LogP contribution < -0.4 is 14.8 Å². The van der Waals surface area contributed by atoms with Gasteiger partial charge in [-0.2, -0.15) is 0 Å². The van der Waals surface area contributed by atoms with Crippen LogP contribution in [0.3, 0.4) is 0 Å². The van der Waals surface area contributed by atoms with Gasteiger partial charge < -0.3 is 19.4 Å². The number of rotatable bonds is 9. The van der Waals surface area contributed by atoms with Gasteiger partial charge in [0.1, 0.15) is 0 Å². The molecule has 0 atom stereocenters. The van der Waals surface area contributed by atoms with Crippen molar-refractivity contribution in [1.82, 2.24) is 4.57 Å². The molecule has 1 N–H and O–H groups in total. The minimum Gasteiger partial charge on any atom is -0.493 e. The third kappa shape index (κ3) is 6.26. The number of anilines is 1. The number of nitrogens with zero attached hydrogens (tertiary/aromatic N) is 1. The number of allylic oxidation sites excluding steroid dienone is 1. The maximum Gasteiger partial charge on any atom is 0.262 e. The minimum atomic E-state index is -0.271. The summed E-state index contributed by atoms with van der Waals surface area (Å²) >= 11 is 0. The fourth-order valence-corrected chi connectivity index (χ4v) is 3.48. The Bertz CT molecular complexity index is 1340. The molecule has 3 aromatic carbocycles. The van der Waals surface area contributed by atoms with Crippen molar-refractivity contribution in [2.24, 2.45) is 0 Å². The number of hydrogen-bond acceptors (Lipinski definition) is 4. The minimum absolute atomic E-state index is 0.105. The van der Waals surface area contributed by atoms with Crippen molar-refractivity contribution in [3.05, 3.63) is 114 Å². The molecule has 4 aromatic rings. The van der Waals surface area contributed by atoms with Gasteiger partial charge in [0, 0.05) is 29.3 Å². The van der Waals surface area contributed by atoms with Gasteiger partial charge in [0.25, 0.3) is 5.91 Å². The maximum absolute atomic E-state index is 12.7. The van der Waals surface area contributed by atoms with Crippen LogP contribution in [-0.2, 0) is 4.79 Å². The van der Waals surface area contributed by atoms with Gasteiger partial charge in [-0.15, -0.1) is 0 Å². The van der Waals surface area contributed by atoms with Crippen molar-refractivity contribution >= 4 is 23.5 Å². The van der Waals surface area contributed by atoms with Crippen molar-refractivity contribution in [2.75, 3.05) is 19.0 Å². The first kappa shape index (κ1) is 23.6. The molecule has 6 heteroatoms. The molecule has 1 heterocycles. The number of aryl methyl sites for hydroxylation is 1. The molecule has 176 valence electrons. The van der Waals surface area contributed by atoms with Crippen LogP contribution in [0.5, 0.6) is 11.5 Å². The topological polar surface area (TPSA) is 69.6 Å². The second-order valence-electron chi connectivity index (χ2n) is 7.95. The molecule has 0 saturated carbocycles. The number of nitrogens with one attached hydrogen (secondary N) is 1. The van der Waals surface area contributed by atoms with E-state index in [2.05, 4.69) is 5.32 Å². The van der Waals surface area contributed by atoms with Crippen molar-refractivity contribution in [2.45, 2.75) is 6.92 Å². The third-order valence-corrected chi connectivity index (χ3v) is 5.34. The first-order chi connectivity index (χ1) is 17.0. The highest BCUT2D eigenvalue weighted by molar-refractivity contribution is 6.07. The molecule has 0 radical (unpaired) electrons. The lowest BCUT2D eigenvalue weighted by atomic mass is 10.1. The number of carbonyl (C=O) groups excluding carboxylic acids is 2. The van der Waals surface area contributed by atoms with Gasteiger partial charge in [0.2, 0.25) is 0 Å². The molecule has 0 aliphatic rings. The van der Waals surface area contributed by atoms with Gasteiger partial charge in [-0.3, -0.25) is 9.59 Å². The highest BCUT2D eigenvalue weighted by Gasteiger charge is 2.09. The van der Waals surface area contributed by atoms with Gasteiger partial charge >= 0.3 is 0 Å². The monoisotopic (exact) mass is 466 g/mol. The van der Waals surface area contributed by atoms with E-state index in [-0.39, 0.29) is 18.3 Å². The van der Waals surface area contributed by atoms with Crippen molar-refractivity contribution in [1.29, 1.82) is 0 Å². The number of benzene rings is 3. The summed E-state index contributed by atoms with van der Waals surface area (Å²) in [6.45, 7) is 1.83. The van der Waals surface area contributed by atoms with E-state index in [1.165, 1.54) is 13.2 Å². The lowest BCUT2D eigenvalue weighted by Crippen LogP contribution is -2.20. The van der Waals surface area contributed by atoms with Crippen LogP contribution >= 0.6 is 0 Å². The Balaban J connectivity index is 1.38. The number of ether oxygens (including phenoxy) is 2. The number of ketones is 1. The molecule has 1 amide bonds. The van der Waals surface area contributed by atoms with E-state index in [1.807, 2.05) is 78.5 Å². The quantitative estimate of drug-likeness (QED) is 0.253. The first-order valence-corrected chi connectivity index (χ1v) is 11.1. The van der Waals surface area contributed by atoms with Crippen LogP contribution in [0.25, 0.3) is 11.8 Å². The maximum atomic E-state index is 12.7. The number of aromatic nitrogens is 1. The lowest BCUT2D eigenvalue weighted by molar-refractivity contribution is -0.118. The Hall–Kier alpha value is -4.58. The van der Waals surface area contributed by atoms with Gasteiger partial charge in [0.15, 0.2) is 23.9 Å². The van der Waals surface area contributed by atoms with Gasteiger partial charge in [-0.05, 0) is 67.1 Å². The highest BCUT2D eigenvalue weighted by atomic mass is 16.5. The van der Waals surface area contributed by atoms with Crippen LogP contribution in [-0.4, -0.2) is 30.0 Å². The molecule has 0 bridgehead atoms. The first-order valence-electron chi connectivity index (χ1n) is 11.1. The van der Waals surface area contributed by atoms with Crippen LogP contribution in [0.2, 0.25) is 0 Å². The van der Waals surface area contributed by atoms with Gasteiger partial charge in [0.05, 0.1) is 7.11 Å². The van der Waals surface area contributed by atoms with E-state index in [4.69, 9.17) is 9.47 Å². The molecule has 4 rings (SSSR count). The SMILES string of the molecule is COc1cc(/C=C/C(=O)c2cccc(-n3cccc3)c2)ccc1OCC(=O)Nc1ccc(C)cc1. The molecule has 6 nitrogen and oxygen atoms in total. The Kier molecular flexibility index (Phi) is 7.43. The predicted octanol–water partition coefficient (Wildman–Crippen LogP) is 5.71. The van der Waals surface area contributed by atoms with E-state index in [1.54, 1.807) is 30.3 Å².